The fraction of sp³-hybridized carbons (Fsp3) is 0.375. The Bertz CT molecular complexity index is 1420. The number of halogens is 1. The number of sulfonamides is 1. The van der Waals surface area contributed by atoms with Crippen molar-refractivity contribution >= 4 is 27.5 Å². The SMILES string of the molecule is CCC(C(=O)NC1CCCCC1)N(Cc1ccccc1C)C(=O)CN(c1ccccc1)S(=O)(=O)c1ccc(F)cc1. The van der Waals surface area contributed by atoms with Gasteiger partial charge in [0.05, 0.1) is 10.6 Å². The molecule has 2 amide bonds. The predicted molar refractivity (Wildman–Crippen MR) is 158 cm³/mol. The molecule has 3 aromatic carbocycles. The van der Waals surface area contributed by atoms with Crippen molar-refractivity contribution in [3.05, 3.63) is 95.8 Å². The Balaban J connectivity index is 1.69. The van der Waals surface area contributed by atoms with Gasteiger partial charge < -0.3 is 10.2 Å². The van der Waals surface area contributed by atoms with Gasteiger partial charge in [0.1, 0.15) is 18.4 Å². The highest BCUT2D eigenvalue weighted by molar-refractivity contribution is 7.92. The molecule has 3 aromatic rings. The van der Waals surface area contributed by atoms with Crippen molar-refractivity contribution in [1.29, 1.82) is 0 Å². The summed E-state index contributed by atoms with van der Waals surface area (Å²) in [5.41, 5.74) is 2.13. The highest BCUT2D eigenvalue weighted by atomic mass is 32.2. The number of hydrogen-bond acceptors (Lipinski definition) is 4. The van der Waals surface area contributed by atoms with Crippen molar-refractivity contribution in [3.8, 4) is 0 Å². The van der Waals surface area contributed by atoms with Crippen LogP contribution in [0.15, 0.2) is 83.8 Å². The largest absolute Gasteiger partial charge is 0.352 e. The topological polar surface area (TPSA) is 86.8 Å². The Labute approximate surface area is 242 Å². The second kappa shape index (κ2) is 13.8. The molecule has 0 aromatic heterocycles. The quantitative estimate of drug-likeness (QED) is 0.321. The number of nitrogens with zero attached hydrogens (tertiary/aromatic N) is 2. The first kappa shape index (κ1) is 30.2. The lowest BCUT2D eigenvalue weighted by atomic mass is 9.95. The molecule has 0 spiro atoms. The first-order valence-corrected chi connectivity index (χ1v) is 15.6. The van der Waals surface area contributed by atoms with Crippen molar-refractivity contribution in [1.82, 2.24) is 10.2 Å². The van der Waals surface area contributed by atoms with Gasteiger partial charge in [0.15, 0.2) is 0 Å². The molecule has 218 valence electrons. The molecule has 1 unspecified atom stereocenters. The van der Waals surface area contributed by atoms with E-state index in [0.29, 0.717) is 12.1 Å². The minimum atomic E-state index is -4.24. The number of nitrogens with one attached hydrogen (secondary N) is 1. The number of aryl methyl sites for hydroxylation is 1. The van der Waals surface area contributed by atoms with E-state index >= 15 is 0 Å². The molecule has 1 fully saturated rings. The van der Waals surface area contributed by atoms with Crippen LogP contribution in [0.2, 0.25) is 0 Å². The summed E-state index contributed by atoms with van der Waals surface area (Å²) in [5, 5.41) is 3.15. The lowest BCUT2D eigenvalue weighted by Gasteiger charge is -2.34. The van der Waals surface area contributed by atoms with Crippen LogP contribution in [-0.2, 0) is 26.2 Å². The maximum Gasteiger partial charge on any atom is 0.264 e. The summed E-state index contributed by atoms with van der Waals surface area (Å²) < 4.78 is 42.3. The molecule has 0 bridgehead atoms. The van der Waals surface area contributed by atoms with Crippen LogP contribution in [0.25, 0.3) is 0 Å². The molecule has 0 aliphatic heterocycles. The number of amides is 2. The normalized spacial score (nSPS) is 14.7. The molecule has 0 heterocycles. The second-order valence-corrected chi connectivity index (χ2v) is 12.4. The first-order chi connectivity index (χ1) is 19.7. The zero-order valence-electron chi connectivity index (χ0n) is 23.6. The van der Waals surface area contributed by atoms with E-state index < -0.39 is 34.3 Å². The lowest BCUT2D eigenvalue weighted by molar-refractivity contribution is -0.140. The second-order valence-electron chi connectivity index (χ2n) is 10.5. The Morgan fingerprint density at radius 3 is 2.20 bits per heavy atom. The van der Waals surface area contributed by atoms with Crippen molar-refractivity contribution in [2.45, 2.75) is 75.9 Å². The van der Waals surface area contributed by atoms with Gasteiger partial charge in [0.2, 0.25) is 11.8 Å². The minimum Gasteiger partial charge on any atom is -0.352 e. The van der Waals surface area contributed by atoms with Crippen molar-refractivity contribution in [3.63, 3.8) is 0 Å². The molecule has 0 radical (unpaired) electrons. The standard InChI is InChI=1S/C32H38FN3O4S/c1-3-30(32(38)34-27-14-6-4-7-15-27)35(22-25-13-11-10-12-24(25)2)31(37)23-36(28-16-8-5-9-17-28)41(39,40)29-20-18-26(33)19-21-29/h5,8-13,16-21,27,30H,3-4,6-7,14-15,22-23H2,1-2H3,(H,34,38). The number of hydrogen-bond donors (Lipinski definition) is 1. The van der Waals surface area contributed by atoms with E-state index in [1.807, 2.05) is 38.1 Å². The van der Waals surface area contributed by atoms with Crippen LogP contribution in [0.5, 0.6) is 0 Å². The van der Waals surface area contributed by atoms with E-state index in [1.165, 1.54) is 17.0 Å². The van der Waals surface area contributed by atoms with Crippen LogP contribution in [0, 0.1) is 12.7 Å². The van der Waals surface area contributed by atoms with E-state index in [4.69, 9.17) is 0 Å². The Hall–Kier alpha value is -3.72. The van der Waals surface area contributed by atoms with Gasteiger partial charge in [-0.25, -0.2) is 12.8 Å². The summed E-state index contributed by atoms with van der Waals surface area (Å²) in [6, 6.07) is 19.8. The molecule has 4 rings (SSSR count). The molecular formula is C32H38FN3O4S. The molecule has 41 heavy (non-hydrogen) atoms. The van der Waals surface area contributed by atoms with E-state index in [9.17, 15) is 22.4 Å². The number of carbonyl (C=O) groups excluding carboxylic acids is 2. The smallest absolute Gasteiger partial charge is 0.264 e. The van der Waals surface area contributed by atoms with Gasteiger partial charge in [-0.2, -0.15) is 0 Å². The van der Waals surface area contributed by atoms with Crippen molar-refractivity contribution in [2.75, 3.05) is 10.8 Å². The summed E-state index contributed by atoms with van der Waals surface area (Å²) in [6.07, 6.45) is 5.45. The van der Waals surface area contributed by atoms with Gasteiger partial charge in [-0.05, 0) is 73.7 Å². The average Bonchev–Trinajstić information content (AvgIpc) is 2.97. The fourth-order valence-electron chi connectivity index (χ4n) is 5.29. The Morgan fingerprint density at radius 2 is 1.56 bits per heavy atom. The Morgan fingerprint density at radius 1 is 0.927 bits per heavy atom. The van der Waals surface area contributed by atoms with Gasteiger partial charge >= 0.3 is 0 Å². The van der Waals surface area contributed by atoms with E-state index in [1.54, 1.807) is 30.3 Å². The van der Waals surface area contributed by atoms with E-state index in [0.717, 1.165) is 59.7 Å². The molecule has 1 saturated carbocycles. The highest BCUT2D eigenvalue weighted by Crippen LogP contribution is 2.25. The third-order valence-corrected chi connectivity index (χ3v) is 9.45. The van der Waals surface area contributed by atoms with Gasteiger partial charge in [0.25, 0.3) is 10.0 Å². The first-order valence-electron chi connectivity index (χ1n) is 14.2. The van der Waals surface area contributed by atoms with Crippen molar-refractivity contribution in [2.24, 2.45) is 0 Å². The predicted octanol–water partition coefficient (Wildman–Crippen LogP) is 5.59. The molecule has 1 N–H and O–H groups in total. The average molecular weight is 580 g/mol. The maximum atomic E-state index is 14.2. The molecule has 1 aliphatic carbocycles. The zero-order chi connectivity index (χ0) is 29.4. The van der Waals surface area contributed by atoms with Gasteiger partial charge in [0, 0.05) is 12.6 Å². The summed E-state index contributed by atoms with van der Waals surface area (Å²) in [7, 11) is -4.24. The Kier molecular flexibility index (Phi) is 10.2. The highest BCUT2D eigenvalue weighted by Gasteiger charge is 2.34. The summed E-state index contributed by atoms with van der Waals surface area (Å²) in [6.45, 7) is 3.42. The van der Waals surface area contributed by atoms with Gasteiger partial charge in [-0.15, -0.1) is 0 Å². The zero-order valence-corrected chi connectivity index (χ0v) is 24.4. The number of carbonyl (C=O) groups is 2. The fourth-order valence-corrected chi connectivity index (χ4v) is 6.71. The third-order valence-electron chi connectivity index (χ3n) is 7.66. The summed E-state index contributed by atoms with van der Waals surface area (Å²) in [5.74, 6) is -1.30. The van der Waals surface area contributed by atoms with Crippen LogP contribution >= 0.6 is 0 Å². The number of para-hydroxylation sites is 1. The van der Waals surface area contributed by atoms with Crippen LogP contribution in [0.3, 0.4) is 0 Å². The third kappa shape index (κ3) is 7.52. The summed E-state index contributed by atoms with van der Waals surface area (Å²) in [4.78, 5) is 29.1. The molecule has 1 aliphatic rings. The molecule has 7 nitrogen and oxygen atoms in total. The monoisotopic (exact) mass is 579 g/mol. The molecule has 9 heteroatoms. The van der Waals surface area contributed by atoms with Crippen LogP contribution in [-0.4, -0.2) is 43.8 Å². The van der Waals surface area contributed by atoms with Gasteiger partial charge in [-0.1, -0.05) is 68.7 Å². The number of rotatable bonds is 11. The van der Waals surface area contributed by atoms with Gasteiger partial charge in [-0.3, -0.25) is 13.9 Å². The van der Waals surface area contributed by atoms with Crippen LogP contribution < -0.4 is 9.62 Å². The molecule has 0 saturated heterocycles. The van der Waals surface area contributed by atoms with E-state index in [-0.39, 0.29) is 23.4 Å². The minimum absolute atomic E-state index is 0.0698. The lowest BCUT2D eigenvalue weighted by Crippen LogP contribution is -2.54. The van der Waals surface area contributed by atoms with Crippen molar-refractivity contribution < 1.29 is 22.4 Å². The molecular weight excluding hydrogens is 541 g/mol. The van der Waals surface area contributed by atoms with Crippen LogP contribution in [0.1, 0.15) is 56.6 Å². The summed E-state index contributed by atoms with van der Waals surface area (Å²) >= 11 is 0. The van der Waals surface area contributed by atoms with Crippen LogP contribution in [0.4, 0.5) is 10.1 Å². The maximum absolute atomic E-state index is 14.2. The number of anilines is 1. The van der Waals surface area contributed by atoms with E-state index in [2.05, 4.69) is 5.32 Å². The molecule has 1 atom stereocenters. The number of benzene rings is 3.